The summed E-state index contributed by atoms with van der Waals surface area (Å²) in [5.41, 5.74) is 5.43. The van der Waals surface area contributed by atoms with Crippen molar-refractivity contribution in [1.29, 1.82) is 0 Å². The first-order valence-electron chi connectivity index (χ1n) is 12.2. The molecule has 0 aliphatic carbocycles. The number of rotatable bonds is 10. The van der Waals surface area contributed by atoms with Crippen molar-refractivity contribution in [3.63, 3.8) is 0 Å². The second-order valence-electron chi connectivity index (χ2n) is 8.66. The molecule has 0 aromatic carbocycles. The number of nitrogens with zero attached hydrogens (tertiary/aromatic N) is 6. The molecule has 13 nitrogen and oxygen atoms in total. The second kappa shape index (κ2) is 12.5. The van der Waals surface area contributed by atoms with Gasteiger partial charge >= 0.3 is 17.7 Å². The zero-order chi connectivity index (χ0) is 25.4. The van der Waals surface area contributed by atoms with Crippen molar-refractivity contribution in [2.24, 2.45) is 0 Å². The average molecular weight is 494 g/mol. The van der Waals surface area contributed by atoms with Crippen LogP contribution in [0.25, 0.3) is 0 Å². The fraction of sp³-hybridized carbons (Fsp3) is 0.727. The standard InChI is InChI=1S/C22H35N7O6/c1-3-5-13-35-22-24-19(23)18(29(32)33)20(25-22)28-12-8-11-27(14-16(28)21(31)34-4-2)17(30)15-26-9-6-7-10-26/h16H,3-15H2,1-2H3,(H2,23,24,25). The Hall–Kier alpha value is -3.22. The highest BCUT2D eigenvalue weighted by atomic mass is 16.6. The predicted octanol–water partition coefficient (Wildman–Crippen LogP) is 1.21. The molecule has 35 heavy (non-hydrogen) atoms. The molecule has 194 valence electrons. The molecule has 2 saturated heterocycles. The molecular formula is C22H35N7O6. The molecule has 0 saturated carbocycles. The third-order valence-electron chi connectivity index (χ3n) is 6.12. The summed E-state index contributed by atoms with van der Waals surface area (Å²) in [6, 6.07) is -1.08. The number of carbonyl (C=O) groups is 2. The van der Waals surface area contributed by atoms with E-state index in [0.29, 0.717) is 19.6 Å². The summed E-state index contributed by atoms with van der Waals surface area (Å²) >= 11 is 0. The van der Waals surface area contributed by atoms with Crippen molar-refractivity contribution >= 4 is 29.2 Å². The highest BCUT2D eigenvalue weighted by Crippen LogP contribution is 2.35. The lowest BCUT2D eigenvalue weighted by Gasteiger charge is -2.31. The molecule has 2 aliphatic rings. The summed E-state index contributed by atoms with van der Waals surface area (Å²) in [7, 11) is 0. The molecule has 0 spiro atoms. The minimum absolute atomic E-state index is 0.0264. The average Bonchev–Trinajstić information content (AvgIpc) is 3.21. The number of hydrogen-bond donors (Lipinski definition) is 1. The monoisotopic (exact) mass is 493 g/mol. The molecule has 3 rings (SSSR count). The summed E-state index contributed by atoms with van der Waals surface area (Å²) < 4.78 is 10.8. The topological polar surface area (TPSA) is 157 Å². The maximum absolute atomic E-state index is 13.0. The maximum Gasteiger partial charge on any atom is 0.353 e. The van der Waals surface area contributed by atoms with Crippen LogP contribution in [-0.4, -0.2) is 95.1 Å². The molecule has 1 unspecified atom stereocenters. The van der Waals surface area contributed by atoms with Gasteiger partial charge in [0.05, 0.1) is 31.2 Å². The minimum atomic E-state index is -0.989. The third kappa shape index (κ3) is 6.68. The molecule has 1 amide bonds. The van der Waals surface area contributed by atoms with Gasteiger partial charge in [-0.3, -0.25) is 19.8 Å². The number of unbranched alkanes of at least 4 members (excludes halogenated alkanes) is 1. The van der Waals surface area contributed by atoms with Crippen LogP contribution in [0.3, 0.4) is 0 Å². The number of nitrogen functional groups attached to an aromatic ring is 1. The van der Waals surface area contributed by atoms with E-state index < -0.39 is 22.6 Å². The molecule has 3 heterocycles. The summed E-state index contributed by atoms with van der Waals surface area (Å²) in [5, 5.41) is 11.9. The van der Waals surface area contributed by atoms with Gasteiger partial charge in [-0.05, 0) is 45.7 Å². The number of nitrogens with two attached hydrogens (primary N) is 1. The normalized spacial score (nSPS) is 18.9. The van der Waals surface area contributed by atoms with Gasteiger partial charge in [-0.15, -0.1) is 0 Å². The van der Waals surface area contributed by atoms with Crippen LogP contribution in [0.1, 0.15) is 46.0 Å². The maximum atomic E-state index is 13.0. The van der Waals surface area contributed by atoms with Gasteiger partial charge in [-0.25, -0.2) is 4.79 Å². The van der Waals surface area contributed by atoms with E-state index in [1.54, 1.807) is 11.8 Å². The van der Waals surface area contributed by atoms with Crippen LogP contribution in [0.2, 0.25) is 0 Å². The Bertz CT molecular complexity index is 909. The van der Waals surface area contributed by atoms with Gasteiger partial charge in [-0.1, -0.05) is 13.3 Å². The smallest absolute Gasteiger partial charge is 0.353 e. The Labute approximate surface area is 204 Å². The Morgan fingerprint density at radius 3 is 2.54 bits per heavy atom. The summed E-state index contributed by atoms with van der Waals surface area (Å²) in [4.78, 5) is 50.8. The van der Waals surface area contributed by atoms with Crippen molar-refractivity contribution in [1.82, 2.24) is 19.8 Å². The SMILES string of the molecule is CCCCOc1nc(N)c([N+](=O)[O-])c(N2CCCN(C(=O)CN3CCCC3)CC2C(=O)OCC)n1. The Kier molecular flexibility index (Phi) is 9.40. The molecule has 1 aromatic rings. The summed E-state index contributed by atoms with van der Waals surface area (Å²) in [5.74, 6) is -1.13. The van der Waals surface area contributed by atoms with Crippen molar-refractivity contribution in [3.8, 4) is 6.01 Å². The van der Waals surface area contributed by atoms with Gasteiger partial charge in [0.25, 0.3) is 0 Å². The third-order valence-corrected chi connectivity index (χ3v) is 6.12. The number of carbonyl (C=O) groups excluding carboxylic acids is 2. The van der Waals surface area contributed by atoms with Crippen LogP contribution in [-0.2, 0) is 14.3 Å². The lowest BCUT2D eigenvalue weighted by Crippen LogP contribution is -2.50. The van der Waals surface area contributed by atoms with Crippen LogP contribution in [0.5, 0.6) is 6.01 Å². The highest BCUT2D eigenvalue weighted by molar-refractivity contribution is 5.85. The molecule has 13 heteroatoms. The lowest BCUT2D eigenvalue weighted by molar-refractivity contribution is -0.383. The quantitative estimate of drug-likeness (QED) is 0.216. The Morgan fingerprint density at radius 2 is 1.89 bits per heavy atom. The van der Waals surface area contributed by atoms with E-state index in [-0.39, 0.29) is 49.8 Å². The van der Waals surface area contributed by atoms with E-state index in [1.165, 1.54) is 4.90 Å². The zero-order valence-electron chi connectivity index (χ0n) is 20.5. The minimum Gasteiger partial charge on any atom is -0.464 e. The van der Waals surface area contributed by atoms with Crippen LogP contribution in [0, 0.1) is 10.1 Å². The number of anilines is 2. The summed E-state index contributed by atoms with van der Waals surface area (Å²) in [6.45, 7) is 6.84. The van der Waals surface area contributed by atoms with Gasteiger partial charge in [0.2, 0.25) is 17.5 Å². The molecule has 2 N–H and O–H groups in total. The first-order valence-corrected chi connectivity index (χ1v) is 12.2. The number of esters is 1. The highest BCUT2D eigenvalue weighted by Gasteiger charge is 2.39. The zero-order valence-corrected chi connectivity index (χ0v) is 20.5. The number of nitro groups is 1. The molecule has 2 fully saturated rings. The fourth-order valence-electron chi connectivity index (χ4n) is 4.33. The van der Waals surface area contributed by atoms with Crippen LogP contribution in [0.15, 0.2) is 0 Å². The van der Waals surface area contributed by atoms with Crippen LogP contribution in [0.4, 0.5) is 17.3 Å². The molecule has 0 bridgehead atoms. The van der Waals surface area contributed by atoms with E-state index in [1.807, 2.05) is 6.92 Å². The molecule has 0 radical (unpaired) electrons. The molecule has 1 atom stereocenters. The number of ether oxygens (including phenoxy) is 2. The second-order valence-corrected chi connectivity index (χ2v) is 8.66. The van der Waals surface area contributed by atoms with E-state index in [0.717, 1.165) is 38.8 Å². The first-order chi connectivity index (χ1) is 16.8. The molecule has 1 aromatic heterocycles. The Morgan fingerprint density at radius 1 is 1.14 bits per heavy atom. The number of amides is 1. The fourth-order valence-corrected chi connectivity index (χ4v) is 4.33. The van der Waals surface area contributed by atoms with Crippen molar-refractivity contribution in [3.05, 3.63) is 10.1 Å². The van der Waals surface area contributed by atoms with Gasteiger partial charge in [0.1, 0.15) is 6.04 Å². The Balaban J connectivity index is 1.93. The lowest BCUT2D eigenvalue weighted by atomic mass is 10.2. The van der Waals surface area contributed by atoms with Gasteiger partial charge in [0, 0.05) is 13.1 Å². The molecule has 2 aliphatic heterocycles. The number of hydrogen-bond acceptors (Lipinski definition) is 11. The number of aromatic nitrogens is 2. The number of likely N-dealkylation sites (tertiary alicyclic amines) is 1. The van der Waals surface area contributed by atoms with E-state index in [4.69, 9.17) is 15.2 Å². The summed E-state index contributed by atoms with van der Waals surface area (Å²) in [6.07, 6.45) is 4.24. The van der Waals surface area contributed by atoms with Crippen molar-refractivity contribution in [2.45, 2.75) is 52.0 Å². The van der Waals surface area contributed by atoms with E-state index >= 15 is 0 Å². The van der Waals surface area contributed by atoms with E-state index in [2.05, 4.69) is 14.9 Å². The predicted molar refractivity (Wildman–Crippen MR) is 128 cm³/mol. The van der Waals surface area contributed by atoms with Gasteiger partial charge in [-0.2, -0.15) is 9.97 Å². The van der Waals surface area contributed by atoms with Crippen molar-refractivity contribution < 1.29 is 24.0 Å². The molecular weight excluding hydrogens is 458 g/mol. The van der Waals surface area contributed by atoms with Crippen LogP contribution < -0.4 is 15.4 Å². The largest absolute Gasteiger partial charge is 0.464 e. The van der Waals surface area contributed by atoms with Crippen molar-refractivity contribution in [2.75, 3.05) is 63.1 Å². The van der Waals surface area contributed by atoms with Gasteiger partial charge in [0.15, 0.2) is 0 Å². The van der Waals surface area contributed by atoms with Gasteiger partial charge < -0.3 is 25.0 Å². The first kappa shape index (κ1) is 26.4. The van der Waals surface area contributed by atoms with E-state index in [9.17, 15) is 19.7 Å². The van der Waals surface area contributed by atoms with Crippen LogP contribution >= 0.6 is 0 Å².